The average molecular weight is 515 g/mol. The Bertz CT molecular complexity index is 1170. The smallest absolute Gasteiger partial charge is 0.335 e. The normalized spacial score (nSPS) is 15.8. The van der Waals surface area contributed by atoms with Gasteiger partial charge < -0.3 is 14.6 Å². The van der Waals surface area contributed by atoms with Gasteiger partial charge in [0.1, 0.15) is 6.61 Å². The number of carbonyl (C=O) groups is 2. The SMILES string of the molecule is C#CCOc1c(Br)cc(C=C2SC(=Nc3cccc(C(=O)O)c3)N(C)C2=O)cc1OCC. The second kappa shape index (κ2) is 10.4. The van der Waals surface area contributed by atoms with Crippen molar-refractivity contribution in [1.82, 2.24) is 4.90 Å². The largest absolute Gasteiger partial charge is 0.490 e. The van der Waals surface area contributed by atoms with Gasteiger partial charge in [-0.3, -0.25) is 9.69 Å². The van der Waals surface area contributed by atoms with Gasteiger partial charge in [0.2, 0.25) is 0 Å². The highest BCUT2D eigenvalue weighted by molar-refractivity contribution is 9.10. The molecule has 1 fully saturated rings. The number of carboxylic acid groups (broad SMARTS) is 1. The summed E-state index contributed by atoms with van der Waals surface area (Å²) in [5.41, 5.74) is 1.30. The first kappa shape index (κ1) is 23.4. The Hall–Kier alpha value is -3.22. The van der Waals surface area contributed by atoms with Crippen molar-refractivity contribution >= 4 is 56.5 Å². The van der Waals surface area contributed by atoms with Crippen LogP contribution in [0.3, 0.4) is 0 Å². The zero-order valence-corrected chi connectivity index (χ0v) is 19.7. The molecule has 1 heterocycles. The van der Waals surface area contributed by atoms with Crippen LogP contribution in [0.2, 0.25) is 0 Å². The summed E-state index contributed by atoms with van der Waals surface area (Å²) in [7, 11) is 1.62. The molecule has 2 aromatic rings. The minimum absolute atomic E-state index is 0.0984. The Kier molecular flexibility index (Phi) is 7.62. The first-order valence-corrected chi connectivity index (χ1v) is 11.1. The molecule has 0 atom stereocenters. The van der Waals surface area contributed by atoms with Crippen LogP contribution in [0.15, 0.2) is 50.8 Å². The molecule has 9 heteroatoms. The molecule has 0 spiro atoms. The number of ether oxygens (including phenoxy) is 2. The minimum atomic E-state index is -1.04. The van der Waals surface area contributed by atoms with Crippen LogP contribution >= 0.6 is 27.7 Å². The van der Waals surface area contributed by atoms with E-state index in [1.165, 1.54) is 28.8 Å². The lowest BCUT2D eigenvalue weighted by Crippen LogP contribution is -2.23. The maximum atomic E-state index is 12.8. The molecule has 7 nitrogen and oxygen atoms in total. The number of carbonyl (C=O) groups excluding carboxylic acids is 1. The number of thioether (sulfide) groups is 1. The molecule has 1 aliphatic rings. The number of aromatic carboxylic acids is 1. The number of amides is 1. The van der Waals surface area contributed by atoms with E-state index in [0.29, 0.717) is 38.3 Å². The van der Waals surface area contributed by atoms with Crippen LogP contribution in [0.4, 0.5) is 5.69 Å². The maximum Gasteiger partial charge on any atom is 0.335 e. The number of halogens is 1. The standard InChI is InChI=1S/C23H19BrN2O5S/c1-4-9-31-20-17(24)10-14(11-18(20)30-5-2)12-19-21(27)26(3)23(32-19)25-16-8-6-7-15(13-16)22(28)29/h1,6-8,10-13H,5,9H2,2-3H3,(H,28,29). The highest BCUT2D eigenvalue weighted by Crippen LogP contribution is 2.39. The van der Waals surface area contributed by atoms with E-state index in [4.69, 9.17) is 21.0 Å². The summed E-state index contributed by atoms with van der Waals surface area (Å²) >= 11 is 4.67. The van der Waals surface area contributed by atoms with Gasteiger partial charge in [0.25, 0.3) is 5.91 Å². The Morgan fingerprint density at radius 1 is 1.34 bits per heavy atom. The summed E-state index contributed by atoms with van der Waals surface area (Å²) < 4.78 is 11.9. The van der Waals surface area contributed by atoms with Gasteiger partial charge in [-0.25, -0.2) is 9.79 Å². The van der Waals surface area contributed by atoms with E-state index in [0.717, 1.165) is 5.56 Å². The van der Waals surface area contributed by atoms with Gasteiger partial charge in [0.15, 0.2) is 16.7 Å². The van der Waals surface area contributed by atoms with Gasteiger partial charge in [-0.15, -0.1) is 6.42 Å². The lowest BCUT2D eigenvalue weighted by Gasteiger charge is -2.13. The van der Waals surface area contributed by atoms with Crippen LogP contribution in [0.5, 0.6) is 11.5 Å². The van der Waals surface area contributed by atoms with E-state index in [-0.39, 0.29) is 18.1 Å². The first-order chi connectivity index (χ1) is 15.3. The number of likely N-dealkylation sites (N-methyl/N-ethyl adjacent to an activating group) is 1. The van der Waals surface area contributed by atoms with Gasteiger partial charge in [-0.1, -0.05) is 12.0 Å². The van der Waals surface area contributed by atoms with E-state index >= 15 is 0 Å². The van der Waals surface area contributed by atoms with E-state index in [1.807, 2.05) is 6.92 Å². The van der Waals surface area contributed by atoms with E-state index in [1.54, 1.807) is 37.4 Å². The molecule has 0 bridgehead atoms. The van der Waals surface area contributed by atoms with Crippen LogP contribution in [0.1, 0.15) is 22.8 Å². The molecule has 0 radical (unpaired) electrons. The fraction of sp³-hybridized carbons (Fsp3) is 0.174. The van der Waals surface area contributed by atoms with Gasteiger partial charge in [0.05, 0.1) is 27.2 Å². The highest BCUT2D eigenvalue weighted by atomic mass is 79.9. The van der Waals surface area contributed by atoms with Crippen LogP contribution < -0.4 is 9.47 Å². The third-order valence-corrected chi connectivity index (χ3v) is 5.90. The number of terminal acetylenes is 1. The number of amidine groups is 1. The summed E-state index contributed by atoms with van der Waals surface area (Å²) in [5.74, 6) is 2.17. The molecule has 0 aliphatic carbocycles. The van der Waals surface area contributed by atoms with Crippen molar-refractivity contribution in [2.45, 2.75) is 6.92 Å². The van der Waals surface area contributed by atoms with Crippen LogP contribution in [0.25, 0.3) is 6.08 Å². The van der Waals surface area contributed by atoms with Gasteiger partial charge in [-0.05, 0) is 76.6 Å². The topological polar surface area (TPSA) is 88.4 Å². The Labute approximate surface area is 198 Å². The van der Waals surface area contributed by atoms with Crippen molar-refractivity contribution in [2.24, 2.45) is 4.99 Å². The van der Waals surface area contributed by atoms with Gasteiger partial charge in [-0.2, -0.15) is 0 Å². The molecule has 1 amide bonds. The summed E-state index contributed by atoms with van der Waals surface area (Å²) in [6, 6.07) is 9.81. The molecule has 3 rings (SSSR count). The minimum Gasteiger partial charge on any atom is -0.490 e. The summed E-state index contributed by atoms with van der Waals surface area (Å²) in [4.78, 5) is 30.3. The number of carboxylic acids is 1. The Morgan fingerprint density at radius 3 is 2.81 bits per heavy atom. The molecular weight excluding hydrogens is 496 g/mol. The molecule has 164 valence electrons. The first-order valence-electron chi connectivity index (χ1n) is 9.46. The number of benzene rings is 2. The van der Waals surface area contributed by atoms with Crippen LogP contribution in [0, 0.1) is 12.3 Å². The maximum absolute atomic E-state index is 12.8. The van der Waals surface area contributed by atoms with Crippen molar-refractivity contribution in [2.75, 3.05) is 20.3 Å². The quantitative estimate of drug-likeness (QED) is 0.422. The molecular formula is C23H19BrN2O5S. The van der Waals surface area contributed by atoms with E-state index < -0.39 is 5.97 Å². The molecule has 1 aliphatic heterocycles. The second-order valence-corrected chi connectivity index (χ2v) is 8.34. The van der Waals surface area contributed by atoms with Crippen LogP contribution in [-0.4, -0.2) is 47.3 Å². The Balaban J connectivity index is 1.92. The number of hydrogen-bond acceptors (Lipinski definition) is 6. The number of rotatable bonds is 7. The fourth-order valence-electron chi connectivity index (χ4n) is 2.81. The van der Waals surface area contributed by atoms with E-state index in [9.17, 15) is 9.59 Å². The predicted octanol–water partition coefficient (Wildman–Crippen LogP) is 4.79. The van der Waals surface area contributed by atoms with Crippen molar-refractivity contribution < 1.29 is 24.2 Å². The summed E-state index contributed by atoms with van der Waals surface area (Å²) in [6.45, 7) is 2.39. The molecule has 2 aromatic carbocycles. The summed E-state index contributed by atoms with van der Waals surface area (Å²) in [5, 5.41) is 9.61. The molecule has 1 N–H and O–H groups in total. The van der Waals surface area contributed by atoms with Gasteiger partial charge >= 0.3 is 5.97 Å². The average Bonchev–Trinajstić information content (AvgIpc) is 3.01. The van der Waals surface area contributed by atoms with Crippen LogP contribution in [-0.2, 0) is 4.79 Å². The van der Waals surface area contributed by atoms with Crippen molar-refractivity contribution in [3.63, 3.8) is 0 Å². The number of hydrogen-bond donors (Lipinski definition) is 1. The van der Waals surface area contributed by atoms with E-state index in [2.05, 4.69) is 26.8 Å². The molecule has 0 saturated carbocycles. The van der Waals surface area contributed by atoms with Crippen molar-refractivity contribution in [1.29, 1.82) is 0 Å². The molecule has 0 aromatic heterocycles. The third-order valence-electron chi connectivity index (χ3n) is 4.25. The van der Waals surface area contributed by atoms with Crippen molar-refractivity contribution in [3.05, 3.63) is 56.9 Å². The second-order valence-electron chi connectivity index (χ2n) is 6.48. The number of aliphatic imine (C=N–C) groups is 1. The fourth-order valence-corrected chi connectivity index (χ4v) is 4.37. The molecule has 0 unspecified atom stereocenters. The third kappa shape index (κ3) is 5.33. The predicted molar refractivity (Wildman–Crippen MR) is 128 cm³/mol. The van der Waals surface area contributed by atoms with Crippen molar-refractivity contribution in [3.8, 4) is 23.8 Å². The molecule has 1 saturated heterocycles. The zero-order chi connectivity index (χ0) is 23.3. The number of nitrogens with zero attached hydrogens (tertiary/aromatic N) is 2. The lowest BCUT2D eigenvalue weighted by molar-refractivity contribution is -0.121. The Morgan fingerprint density at radius 2 is 2.12 bits per heavy atom. The lowest BCUT2D eigenvalue weighted by atomic mass is 10.2. The highest BCUT2D eigenvalue weighted by Gasteiger charge is 2.30. The summed E-state index contributed by atoms with van der Waals surface area (Å²) in [6.07, 6.45) is 7.02. The zero-order valence-electron chi connectivity index (χ0n) is 17.3. The monoisotopic (exact) mass is 514 g/mol. The molecule has 32 heavy (non-hydrogen) atoms. The van der Waals surface area contributed by atoms with Gasteiger partial charge in [0, 0.05) is 7.05 Å².